The van der Waals surface area contributed by atoms with Gasteiger partial charge >= 0.3 is 0 Å². The molecule has 2 aromatic rings. The number of nitro groups is 1. The lowest BCUT2D eigenvalue weighted by atomic mass is 10.1. The lowest BCUT2D eigenvalue weighted by Gasteiger charge is -2.17. The fourth-order valence-corrected chi connectivity index (χ4v) is 2.19. The van der Waals surface area contributed by atoms with E-state index in [-0.39, 0.29) is 17.4 Å². The minimum absolute atomic E-state index is 0.0380. The summed E-state index contributed by atoms with van der Waals surface area (Å²) in [5, 5.41) is 11.3. The van der Waals surface area contributed by atoms with Crippen LogP contribution in [0.2, 0.25) is 0 Å². The number of rotatable bonds is 5. The Morgan fingerprint density at radius 2 is 2.00 bits per heavy atom. The van der Waals surface area contributed by atoms with Crippen molar-refractivity contribution in [2.75, 3.05) is 11.9 Å². The van der Waals surface area contributed by atoms with Gasteiger partial charge in [-0.3, -0.25) is 19.8 Å². The summed E-state index contributed by atoms with van der Waals surface area (Å²) < 4.78 is 5.54. The molecule has 0 saturated heterocycles. The van der Waals surface area contributed by atoms with E-state index in [2.05, 4.69) is 4.98 Å². The van der Waals surface area contributed by atoms with Crippen LogP contribution >= 0.6 is 0 Å². The summed E-state index contributed by atoms with van der Waals surface area (Å²) in [6, 6.07) is 9.41. The van der Waals surface area contributed by atoms with Gasteiger partial charge in [-0.25, -0.2) is 4.98 Å². The lowest BCUT2D eigenvalue weighted by molar-refractivity contribution is -0.385. The Balaban J connectivity index is 2.44. The van der Waals surface area contributed by atoms with Crippen molar-refractivity contribution in [2.45, 2.75) is 26.9 Å². The first-order chi connectivity index (χ1) is 11.3. The molecule has 0 N–H and O–H groups in total. The number of anilines is 1. The summed E-state index contributed by atoms with van der Waals surface area (Å²) in [6.07, 6.45) is -0.106. The molecule has 0 atom stereocenters. The minimum atomic E-state index is -0.579. The molecule has 126 valence electrons. The molecule has 2 rings (SSSR count). The molecule has 0 aliphatic rings. The van der Waals surface area contributed by atoms with Crippen LogP contribution in [0, 0.1) is 17.0 Å². The number of aromatic nitrogens is 1. The van der Waals surface area contributed by atoms with Gasteiger partial charge in [0.1, 0.15) is 17.1 Å². The highest BCUT2D eigenvalue weighted by molar-refractivity contribution is 6.08. The van der Waals surface area contributed by atoms with Gasteiger partial charge in [-0.1, -0.05) is 6.07 Å². The van der Waals surface area contributed by atoms with Crippen molar-refractivity contribution < 1.29 is 14.5 Å². The predicted molar refractivity (Wildman–Crippen MR) is 90.6 cm³/mol. The Morgan fingerprint density at radius 1 is 1.29 bits per heavy atom. The fourth-order valence-electron chi connectivity index (χ4n) is 2.19. The number of carbonyl (C=O) groups excluding carboxylic acids is 1. The summed E-state index contributed by atoms with van der Waals surface area (Å²) in [5.74, 6) is 0.308. The van der Waals surface area contributed by atoms with Gasteiger partial charge in [0, 0.05) is 18.8 Å². The Morgan fingerprint density at radius 3 is 2.58 bits per heavy atom. The second-order valence-electron chi connectivity index (χ2n) is 5.60. The number of ether oxygens (including phenoxy) is 1. The number of carbonyl (C=O) groups is 1. The van der Waals surface area contributed by atoms with Crippen molar-refractivity contribution in [1.82, 2.24) is 4.98 Å². The average Bonchev–Trinajstić information content (AvgIpc) is 2.52. The van der Waals surface area contributed by atoms with Gasteiger partial charge in [0.25, 0.3) is 11.6 Å². The molecule has 0 radical (unpaired) electrons. The van der Waals surface area contributed by atoms with E-state index in [1.807, 2.05) is 13.8 Å². The summed E-state index contributed by atoms with van der Waals surface area (Å²) in [7, 11) is 1.53. The van der Waals surface area contributed by atoms with Gasteiger partial charge in [0.2, 0.25) is 0 Å². The first-order valence-electron chi connectivity index (χ1n) is 7.46. The molecule has 7 nitrogen and oxygen atoms in total. The summed E-state index contributed by atoms with van der Waals surface area (Å²) in [4.78, 5) is 29.0. The Bertz CT molecular complexity index is 774. The zero-order valence-electron chi connectivity index (χ0n) is 14.0. The van der Waals surface area contributed by atoms with Gasteiger partial charge in [-0.05, 0) is 45.0 Å². The third kappa shape index (κ3) is 3.87. The summed E-state index contributed by atoms with van der Waals surface area (Å²) in [6.45, 7) is 5.48. The number of nitrogens with zero attached hydrogens (tertiary/aromatic N) is 3. The Labute approximate surface area is 140 Å². The van der Waals surface area contributed by atoms with Crippen LogP contribution in [-0.2, 0) is 0 Å². The minimum Gasteiger partial charge on any atom is -0.491 e. The average molecular weight is 329 g/mol. The number of pyridine rings is 1. The van der Waals surface area contributed by atoms with Crippen LogP contribution in [-0.4, -0.2) is 29.0 Å². The topological polar surface area (TPSA) is 85.6 Å². The van der Waals surface area contributed by atoms with Crippen molar-refractivity contribution in [1.29, 1.82) is 0 Å². The lowest BCUT2D eigenvalue weighted by Crippen LogP contribution is -2.28. The van der Waals surface area contributed by atoms with E-state index in [4.69, 9.17) is 4.74 Å². The second-order valence-corrected chi connectivity index (χ2v) is 5.60. The van der Waals surface area contributed by atoms with Crippen molar-refractivity contribution in [3.63, 3.8) is 0 Å². The van der Waals surface area contributed by atoms with Gasteiger partial charge < -0.3 is 4.74 Å². The highest BCUT2D eigenvalue weighted by atomic mass is 16.6. The smallest absolute Gasteiger partial charge is 0.282 e. The van der Waals surface area contributed by atoms with Gasteiger partial charge in [0.15, 0.2) is 0 Å². The van der Waals surface area contributed by atoms with E-state index < -0.39 is 10.8 Å². The first-order valence-corrected chi connectivity index (χ1v) is 7.46. The van der Waals surface area contributed by atoms with Crippen LogP contribution < -0.4 is 9.64 Å². The SMILES string of the molecule is Cc1cccc(N(C)C(=O)c2cc(OC(C)C)ccc2[N+](=O)[O-])n1. The molecule has 0 saturated carbocycles. The summed E-state index contributed by atoms with van der Waals surface area (Å²) >= 11 is 0. The Kier molecular flexibility index (Phi) is 5.13. The largest absolute Gasteiger partial charge is 0.491 e. The van der Waals surface area contributed by atoms with E-state index in [1.54, 1.807) is 25.1 Å². The van der Waals surface area contributed by atoms with Crippen molar-refractivity contribution in [3.8, 4) is 5.75 Å². The zero-order chi connectivity index (χ0) is 17.9. The molecule has 1 aromatic heterocycles. The highest BCUT2D eigenvalue weighted by Gasteiger charge is 2.25. The molecule has 1 amide bonds. The maximum absolute atomic E-state index is 12.7. The number of benzene rings is 1. The normalized spacial score (nSPS) is 10.5. The van der Waals surface area contributed by atoms with E-state index >= 15 is 0 Å². The first kappa shape index (κ1) is 17.4. The standard InChI is InChI=1S/C17H19N3O4/c1-11(2)24-13-8-9-15(20(22)23)14(10-13)17(21)19(4)16-7-5-6-12(3)18-16/h5-11H,1-4H3. The second kappa shape index (κ2) is 7.08. The maximum Gasteiger partial charge on any atom is 0.282 e. The number of aryl methyl sites for hydroxylation is 1. The van der Waals surface area contributed by atoms with Crippen LogP contribution in [0.15, 0.2) is 36.4 Å². The molecule has 1 aromatic carbocycles. The molecular formula is C17H19N3O4. The number of nitro benzene ring substituents is 1. The van der Waals surface area contributed by atoms with Gasteiger partial charge in [-0.2, -0.15) is 0 Å². The number of amides is 1. The van der Waals surface area contributed by atoms with Crippen LogP contribution in [0.1, 0.15) is 29.9 Å². The van der Waals surface area contributed by atoms with Crippen molar-refractivity contribution in [2.24, 2.45) is 0 Å². The molecule has 0 spiro atoms. The molecule has 0 bridgehead atoms. The van der Waals surface area contributed by atoms with Crippen LogP contribution in [0.25, 0.3) is 0 Å². The number of hydrogen-bond donors (Lipinski definition) is 0. The molecule has 0 aliphatic heterocycles. The molecule has 0 aliphatic carbocycles. The van der Waals surface area contributed by atoms with E-state index in [0.29, 0.717) is 11.6 Å². The molecule has 24 heavy (non-hydrogen) atoms. The quantitative estimate of drug-likeness (QED) is 0.620. The molecule has 0 unspecified atom stereocenters. The Hall–Kier alpha value is -2.96. The van der Waals surface area contributed by atoms with E-state index in [9.17, 15) is 14.9 Å². The highest BCUT2D eigenvalue weighted by Crippen LogP contribution is 2.27. The van der Waals surface area contributed by atoms with Crippen LogP contribution in [0.5, 0.6) is 5.75 Å². The van der Waals surface area contributed by atoms with Crippen LogP contribution in [0.4, 0.5) is 11.5 Å². The summed E-state index contributed by atoms with van der Waals surface area (Å²) in [5.41, 5.74) is 0.443. The zero-order valence-corrected chi connectivity index (χ0v) is 14.0. The van der Waals surface area contributed by atoms with Gasteiger partial charge in [0.05, 0.1) is 11.0 Å². The predicted octanol–water partition coefficient (Wildman–Crippen LogP) is 3.36. The van der Waals surface area contributed by atoms with E-state index in [0.717, 1.165) is 5.69 Å². The van der Waals surface area contributed by atoms with Gasteiger partial charge in [-0.15, -0.1) is 0 Å². The van der Waals surface area contributed by atoms with Crippen LogP contribution in [0.3, 0.4) is 0 Å². The fraction of sp³-hybridized carbons (Fsp3) is 0.294. The maximum atomic E-state index is 12.7. The van der Waals surface area contributed by atoms with E-state index in [1.165, 1.54) is 30.1 Å². The third-order valence-electron chi connectivity index (χ3n) is 3.29. The third-order valence-corrected chi connectivity index (χ3v) is 3.29. The monoisotopic (exact) mass is 329 g/mol. The van der Waals surface area contributed by atoms with Crippen molar-refractivity contribution in [3.05, 3.63) is 57.8 Å². The number of hydrogen-bond acceptors (Lipinski definition) is 5. The molecule has 1 heterocycles. The molecule has 7 heteroatoms. The van der Waals surface area contributed by atoms with Crippen molar-refractivity contribution >= 4 is 17.4 Å². The molecule has 0 fully saturated rings. The molecular weight excluding hydrogens is 310 g/mol.